The zero-order valence-corrected chi connectivity index (χ0v) is 36.4. The summed E-state index contributed by atoms with van der Waals surface area (Å²) in [5.74, 6) is -0.898. The van der Waals surface area contributed by atoms with Gasteiger partial charge in [0.05, 0.1) is 0 Å². The van der Waals surface area contributed by atoms with Crippen LogP contribution < -0.4 is 0 Å². The predicted octanol–water partition coefficient (Wildman–Crippen LogP) is 15.0. The third-order valence-electron chi connectivity index (χ3n) is 10.2. The summed E-state index contributed by atoms with van der Waals surface area (Å²) in [6.45, 7) is 6.46. The van der Waals surface area contributed by atoms with Crippen molar-refractivity contribution in [1.82, 2.24) is 0 Å². The lowest BCUT2D eigenvalue weighted by Crippen LogP contribution is -2.30. The first-order chi connectivity index (χ1) is 27.0. The molecule has 0 saturated heterocycles. The Labute approximate surface area is 340 Å². The second-order valence-electron chi connectivity index (χ2n) is 15.6. The van der Waals surface area contributed by atoms with Crippen LogP contribution in [0.2, 0.25) is 0 Å². The minimum atomic E-state index is -0.773. The van der Waals surface area contributed by atoms with Crippen LogP contribution in [0.4, 0.5) is 0 Å². The van der Waals surface area contributed by atoms with Gasteiger partial charge in [-0.2, -0.15) is 0 Å². The molecule has 0 saturated carbocycles. The molecule has 0 aromatic carbocycles. The minimum Gasteiger partial charge on any atom is -0.462 e. The standard InChI is InChI=1S/C49H88O6/c1-4-7-10-13-16-18-20-22-24-26-27-29-31-33-36-39-42-48(51)54-45-46(44-53-47(50)41-38-35-15-12-9-6-3)55-49(52)43-40-37-34-32-30-28-25-23-21-19-17-14-11-8-5-2/h8,11,17,19,23,25,46H,4-7,9-10,12-16,18,20-22,24,26-45H2,1-3H3/b11-8-,19-17-,25-23-. The monoisotopic (exact) mass is 773 g/mol. The maximum atomic E-state index is 12.7. The van der Waals surface area contributed by atoms with E-state index in [-0.39, 0.29) is 31.1 Å². The fourth-order valence-electron chi connectivity index (χ4n) is 6.63. The number of hydrogen-bond donors (Lipinski definition) is 0. The van der Waals surface area contributed by atoms with Crippen molar-refractivity contribution in [2.24, 2.45) is 0 Å². The first-order valence-electron chi connectivity index (χ1n) is 23.5. The highest BCUT2D eigenvalue weighted by atomic mass is 16.6. The molecule has 0 amide bonds. The van der Waals surface area contributed by atoms with E-state index in [1.165, 1.54) is 103 Å². The van der Waals surface area contributed by atoms with Crippen LogP contribution >= 0.6 is 0 Å². The number of allylic oxidation sites excluding steroid dienone is 6. The zero-order valence-electron chi connectivity index (χ0n) is 36.4. The van der Waals surface area contributed by atoms with E-state index in [0.717, 1.165) is 96.3 Å². The van der Waals surface area contributed by atoms with E-state index < -0.39 is 6.10 Å². The number of rotatable bonds is 42. The lowest BCUT2D eigenvalue weighted by molar-refractivity contribution is -0.167. The van der Waals surface area contributed by atoms with Crippen LogP contribution in [0.25, 0.3) is 0 Å². The van der Waals surface area contributed by atoms with Crippen LogP contribution in [-0.2, 0) is 28.6 Å². The Morgan fingerprint density at radius 3 is 1.11 bits per heavy atom. The highest BCUT2D eigenvalue weighted by Gasteiger charge is 2.19. The number of esters is 3. The molecule has 1 atom stereocenters. The highest BCUT2D eigenvalue weighted by Crippen LogP contribution is 2.15. The topological polar surface area (TPSA) is 78.9 Å². The van der Waals surface area contributed by atoms with Crippen molar-refractivity contribution in [3.63, 3.8) is 0 Å². The molecule has 0 rings (SSSR count). The SMILES string of the molecule is CC/C=C\C/C=C\C/C=C\CCCCCCCC(=O)OC(COC(=O)CCCCCCCC)COC(=O)CCCCCCCCCCCCCCCCCC. The summed E-state index contributed by atoms with van der Waals surface area (Å²) in [6, 6.07) is 0. The number of ether oxygens (including phenoxy) is 3. The van der Waals surface area contributed by atoms with Gasteiger partial charge in [0.1, 0.15) is 13.2 Å². The van der Waals surface area contributed by atoms with Crippen LogP contribution in [0.5, 0.6) is 0 Å². The van der Waals surface area contributed by atoms with E-state index in [0.29, 0.717) is 19.3 Å². The van der Waals surface area contributed by atoms with Gasteiger partial charge in [-0.1, -0.05) is 205 Å². The second-order valence-corrected chi connectivity index (χ2v) is 15.6. The zero-order chi connectivity index (χ0) is 40.1. The Morgan fingerprint density at radius 1 is 0.382 bits per heavy atom. The molecule has 0 aliphatic carbocycles. The average Bonchev–Trinajstić information content (AvgIpc) is 3.18. The molecule has 1 unspecified atom stereocenters. The lowest BCUT2D eigenvalue weighted by Gasteiger charge is -2.18. The van der Waals surface area contributed by atoms with Gasteiger partial charge in [-0.25, -0.2) is 0 Å². The van der Waals surface area contributed by atoms with Crippen LogP contribution in [0.1, 0.15) is 239 Å². The maximum Gasteiger partial charge on any atom is 0.306 e. The fourth-order valence-corrected chi connectivity index (χ4v) is 6.63. The Balaban J connectivity index is 4.25. The van der Waals surface area contributed by atoms with Crippen LogP contribution in [0.15, 0.2) is 36.5 Å². The highest BCUT2D eigenvalue weighted by molar-refractivity contribution is 5.71. The van der Waals surface area contributed by atoms with Gasteiger partial charge in [0, 0.05) is 19.3 Å². The Morgan fingerprint density at radius 2 is 0.709 bits per heavy atom. The van der Waals surface area contributed by atoms with Gasteiger partial charge < -0.3 is 14.2 Å². The summed E-state index contributed by atoms with van der Waals surface area (Å²) < 4.78 is 16.6. The van der Waals surface area contributed by atoms with Crippen molar-refractivity contribution < 1.29 is 28.6 Å². The van der Waals surface area contributed by atoms with Crippen molar-refractivity contribution in [3.8, 4) is 0 Å². The molecule has 0 N–H and O–H groups in total. The summed E-state index contributed by atoms with van der Waals surface area (Å²) >= 11 is 0. The first-order valence-corrected chi connectivity index (χ1v) is 23.5. The van der Waals surface area contributed by atoms with Crippen molar-refractivity contribution in [2.75, 3.05) is 13.2 Å². The van der Waals surface area contributed by atoms with Gasteiger partial charge in [0.15, 0.2) is 6.10 Å². The van der Waals surface area contributed by atoms with Gasteiger partial charge in [0.2, 0.25) is 0 Å². The first kappa shape index (κ1) is 52.6. The van der Waals surface area contributed by atoms with Gasteiger partial charge in [-0.05, 0) is 51.4 Å². The Bertz CT molecular complexity index is 938. The van der Waals surface area contributed by atoms with E-state index in [1.54, 1.807) is 0 Å². The summed E-state index contributed by atoms with van der Waals surface area (Å²) in [5.41, 5.74) is 0. The molecular formula is C49H88O6. The van der Waals surface area contributed by atoms with Crippen LogP contribution in [0, 0.1) is 0 Å². The Hall–Kier alpha value is -2.37. The number of carbonyl (C=O) groups excluding carboxylic acids is 3. The maximum absolute atomic E-state index is 12.7. The molecule has 320 valence electrons. The molecule has 0 spiro atoms. The van der Waals surface area contributed by atoms with Gasteiger partial charge >= 0.3 is 17.9 Å². The number of unbranched alkanes of at least 4 members (excludes halogenated alkanes) is 25. The van der Waals surface area contributed by atoms with Gasteiger partial charge in [0.25, 0.3) is 0 Å². The van der Waals surface area contributed by atoms with Crippen molar-refractivity contribution in [2.45, 2.75) is 245 Å². The lowest BCUT2D eigenvalue weighted by atomic mass is 10.0. The molecule has 0 aliphatic rings. The minimum absolute atomic E-state index is 0.0764. The summed E-state index contributed by atoms with van der Waals surface area (Å²) in [7, 11) is 0. The Kier molecular flexibility index (Phi) is 42.4. The largest absolute Gasteiger partial charge is 0.462 e. The van der Waals surface area contributed by atoms with E-state index >= 15 is 0 Å². The molecular weight excluding hydrogens is 685 g/mol. The third kappa shape index (κ3) is 42.6. The summed E-state index contributed by atoms with van der Waals surface area (Å²) in [6.07, 6.45) is 50.0. The molecule has 0 heterocycles. The normalized spacial score (nSPS) is 12.3. The molecule has 6 heteroatoms. The molecule has 0 aromatic rings. The predicted molar refractivity (Wildman–Crippen MR) is 233 cm³/mol. The number of hydrogen-bond acceptors (Lipinski definition) is 6. The third-order valence-corrected chi connectivity index (χ3v) is 10.2. The van der Waals surface area contributed by atoms with Crippen molar-refractivity contribution in [1.29, 1.82) is 0 Å². The van der Waals surface area contributed by atoms with Crippen LogP contribution in [0.3, 0.4) is 0 Å². The van der Waals surface area contributed by atoms with Crippen molar-refractivity contribution >= 4 is 17.9 Å². The van der Waals surface area contributed by atoms with E-state index in [2.05, 4.69) is 57.2 Å². The summed E-state index contributed by atoms with van der Waals surface area (Å²) in [5, 5.41) is 0. The molecule has 0 bridgehead atoms. The van der Waals surface area contributed by atoms with E-state index in [1.807, 2.05) is 0 Å². The summed E-state index contributed by atoms with van der Waals surface area (Å²) in [4.78, 5) is 37.6. The van der Waals surface area contributed by atoms with Crippen LogP contribution in [-0.4, -0.2) is 37.2 Å². The molecule has 6 nitrogen and oxygen atoms in total. The quantitative estimate of drug-likeness (QED) is 0.0266. The smallest absolute Gasteiger partial charge is 0.306 e. The van der Waals surface area contributed by atoms with Gasteiger partial charge in [-0.15, -0.1) is 0 Å². The molecule has 0 radical (unpaired) electrons. The molecule has 55 heavy (non-hydrogen) atoms. The molecule has 0 aliphatic heterocycles. The molecule has 0 aromatic heterocycles. The van der Waals surface area contributed by atoms with E-state index in [9.17, 15) is 14.4 Å². The molecule has 0 fully saturated rings. The van der Waals surface area contributed by atoms with E-state index in [4.69, 9.17) is 14.2 Å². The van der Waals surface area contributed by atoms with Crippen molar-refractivity contribution in [3.05, 3.63) is 36.5 Å². The number of carbonyl (C=O) groups is 3. The fraction of sp³-hybridized carbons (Fsp3) is 0.816. The van der Waals surface area contributed by atoms with Gasteiger partial charge in [-0.3, -0.25) is 14.4 Å². The average molecular weight is 773 g/mol. The second kappa shape index (κ2) is 44.3.